The van der Waals surface area contributed by atoms with Crippen LogP contribution in [0.25, 0.3) is 0 Å². The number of halogens is 3. The van der Waals surface area contributed by atoms with Gasteiger partial charge in [-0.2, -0.15) is 13.2 Å². The molecule has 1 aliphatic heterocycles. The number of benzene rings is 1. The van der Waals surface area contributed by atoms with Gasteiger partial charge in [0, 0.05) is 31.9 Å². The van der Waals surface area contributed by atoms with Gasteiger partial charge in [-0.05, 0) is 37.2 Å². The summed E-state index contributed by atoms with van der Waals surface area (Å²) in [5, 5.41) is 0. The monoisotopic (exact) mass is 301 g/mol. The lowest BCUT2D eigenvalue weighted by Gasteiger charge is -2.36. The molecule has 0 atom stereocenters. The van der Waals surface area contributed by atoms with Crippen LogP contribution in [0.5, 0.6) is 0 Å². The van der Waals surface area contributed by atoms with Crippen LogP contribution >= 0.6 is 0 Å². The molecule has 1 aromatic rings. The van der Waals surface area contributed by atoms with Crippen molar-refractivity contribution in [2.24, 2.45) is 5.73 Å². The summed E-state index contributed by atoms with van der Waals surface area (Å²) in [5.41, 5.74) is 5.78. The maximum absolute atomic E-state index is 13.2. The van der Waals surface area contributed by atoms with Gasteiger partial charge in [0.2, 0.25) is 0 Å². The molecule has 0 spiro atoms. The van der Waals surface area contributed by atoms with Gasteiger partial charge in [0.15, 0.2) is 0 Å². The van der Waals surface area contributed by atoms with E-state index in [1.54, 1.807) is 12.1 Å². The standard InChI is InChI=1S/C15H22F3N3/c1-2-20-7-9-21(10-8-20)13-4-3-12(5-6-19)14(11-13)15(16,17)18/h3-4,11H,2,5-10,19H2,1H3. The molecule has 2 rings (SSSR count). The topological polar surface area (TPSA) is 32.5 Å². The molecule has 0 aliphatic carbocycles. The number of nitrogens with two attached hydrogens (primary N) is 1. The number of hydrogen-bond acceptors (Lipinski definition) is 3. The molecule has 0 amide bonds. The molecule has 1 heterocycles. The Hall–Kier alpha value is -1.27. The minimum atomic E-state index is -4.33. The highest BCUT2D eigenvalue weighted by atomic mass is 19.4. The SMILES string of the molecule is CCN1CCN(c2ccc(CCN)c(C(F)(F)F)c2)CC1. The van der Waals surface area contributed by atoms with Gasteiger partial charge in [0.05, 0.1) is 5.56 Å². The molecule has 1 saturated heterocycles. The van der Waals surface area contributed by atoms with E-state index in [1.807, 2.05) is 4.90 Å². The van der Waals surface area contributed by atoms with Crippen LogP contribution in [0.15, 0.2) is 18.2 Å². The average molecular weight is 301 g/mol. The smallest absolute Gasteiger partial charge is 0.369 e. The Labute approximate surface area is 123 Å². The van der Waals surface area contributed by atoms with Crippen molar-refractivity contribution in [3.63, 3.8) is 0 Å². The van der Waals surface area contributed by atoms with E-state index in [0.29, 0.717) is 5.69 Å². The number of piperazine rings is 1. The second kappa shape index (κ2) is 6.66. The third kappa shape index (κ3) is 3.89. The summed E-state index contributed by atoms with van der Waals surface area (Å²) in [7, 11) is 0. The second-order valence-corrected chi connectivity index (χ2v) is 5.30. The van der Waals surface area contributed by atoms with Crippen molar-refractivity contribution in [3.8, 4) is 0 Å². The summed E-state index contributed by atoms with van der Waals surface area (Å²) in [6.45, 7) is 6.61. The zero-order valence-corrected chi connectivity index (χ0v) is 12.3. The Morgan fingerprint density at radius 2 is 1.81 bits per heavy atom. The highest BCUT2D eigenvalue weighted by Gasteiger charge is 2.33. The molecule has 118 valence electrons. The Morgan fingerprint density at radius 1 is 1.14 bits per heavy atom. The third-order valence-corrected chi connectivity index (χ3v) is 4.00. The van der Waals surface area contributed by atoms with Gasteiger partial charge in [0.1, 0.15) is 0 Å². The number of anilines is 1. The van der Waals surface area contributed by atoms with Crippen LogP contribution in [-0.4, -0.2) is 44.2 Å². The molecule has 0 unspecified atom stereocenters. The number of alkyl halides is 3. The van der Waals surface area contributed by atoms with E-state index in [2.05, 4.69) is 11.8 Å². The van der Waals surface area contributed by atoms with Crippen molar-refractivity contribution in [2.75, 3.05) is 44.2 Å². The van der Waals surface area contributed by atoms with Crippen LogP contribution in [0.4, 0.5) is 18.9 Å². The molecule has 0 bridgehead atoms. The minimum Gasteiger partial charge on any atom is -0.369 e. The summed E-state index contributed by atoms with van der Waals surface area (Å²) >= 11 is 0. The second-order valence-electron chi connectivity index (χ2n) is 5.30. The zero-order chi connectivity index (χ0) is 15.5. The van der Waals surface area contributed by atoms with Crippen LogP contribution in [0, 0.1) is 0 Å². The molecule has 0 saturated carbocycles. The molecule has 1 aromatic carbocycles. The van der Waals surface area contributed by atoms with Gasteiger partial charge < -0.3 is 15.5 Å². The Bertz CT molecular complexity index is 466. The first-order valence-corrected chi connectivity index (χ1v) is 7.33. The normalized spacial score (nSPS) is 17.3. The highest BCUT2D eigenvalue weighted by Crippen LogP contribution is 2.35. The predicted octanol–water partition coefficient (Wildman–Crippen LogP) is 2.35. The molecule has 6 heteroatoms. The molecule has 1 fully saturated rings. The van der Waals surface area contributed by atoms with Gasteiger partial charge in [-0.15, -0.1) is 0 Å². The van der Waals surface area contributed by atoms with Crippen molar-refractivity contribution >= 4 is 5.69 Å². The lowest BCUT2D eigenvalue weighted by atomic mass is 10.0. The number of likely N-dealkylation sites (N-methyl/N-ethyl adjacent to an activating group) is 1. The molecule has 0 aromatic heterocycles. The van der Waals surface area contributed by atoms with Crippen LogP contribution < -0.4 is 10.6 Å². The van der Waals surface area contributed by atoms with E-state index in [9.17, 15) is 13.2 Å². The van der Waals surface area contributed by atoms with Gasteiger partial charge in [0.25, 0.3) is 0 Å². The molecule has 0 radical (unpaired) electrons. The third-order valence-electron chi connectivity index (χ3n) is 4.00. The lowest BCUT2D eigenvalue weighted by molar-refractivity contribution is -0.138. The van der Waals surface area contributed by atoms with Crippen molar-refractivity contribution in [1.82, 2.24) is 4.90 Å². The number of hydrogen-bond donors (Lipinski definition) is 1. The summed E-state index contributed by atoms with van der Waals surface area (Å²) < 4.78 is 39.5. The summed E-state index contributed by atoms with van der Waals surface area (Å²) in [5.74, 6) is 0. The lowest BCUT2D eigenvalue weighted by Crippen LogP contribution is -2.46. The van der Waals surface area contributed by atoms with Crippen LogP contribution in [0.3, 0.4) is 0 Å². The van der Waals surface area contributed by atoms with Crippen LogP contribution in [0.2, 0.25) is 0 Å². The fraction of sp³-hybridized carbons (Fsp3) is 0.600. The van der Waals surface area contributed by atoms with Gasteiger partial charge in [-0.1, -0.05) is 13.0 Å². The molecule has 21 heavy (non-hydrogen) atoms. The van der Waals surface area contributed by atoms with Crippen LogP contribution in [0.1, 0.15) is 18.1 Å². The summed E-state index contributed by atoms with van der Waals surface area (Å²) in [6, 6.07) is 4.62. The zero-order valence-electron chi connectivity index (χ0n) is 12.3. The fourth-order valence-corrected chi connectivity index (χ4v) is 2.72. The number of rotatable bonds is 4. The van der Waals surface area contributed by atoms with E-state index in [0.717, 1.165) is 32.7 Å². The first-order valence-electron chi connectivity index (χ1n) is 7.33. The van der Waals surface area contributed by atoms with Crippen molar-refractivity contribution < 1.29 is 13.2 Å². The van der Waals surface area contributed by atoms with E-state index in [1.165, 1.54) is 6.07 Å². The van der Waals surface area contributed by atoms with Gasteiger partial charge >= 0.3 is 6.18 Å². The average Bonchev–Trinajstić information content (AvgIpc) is 2.47. The highest BCUT2D eigenvalue weighted by molar-refractivity contribution is 5.52. The van der Waals surface area contributed by atoms with Gasteiger partial charge in [-0.3, -0.25) is 0 Å². The van der Waals surface area contributed by atoms with Crippen LogP contribution in [-0.2, 0) is 12.6 Å². The van der Waals surface area contributed by atoms with E-state index in [4.69, 9.17) is 5.73 Å². The van der Waals surface area contributed by atoms with E-state index >= 15 is 0 Å². The Balaban J connectivity index is 2.22. The van der Waals surface area contributed by atoms with Gasteiger partial charge in [-0.25, -0.2) is 0 Å². The predicted molar refractivity (Wildman–Crippen MR) is 78.5 cm³/mol. The van der Waals surface area contributed by atoms with Crippen molar-refractivity contribution in [3.05, 3.63) is 29.3 Å². The van der Waals surface area contributed by atoms with Crippen molar-refractivity contribution in [2.45, 2.75) is 19.5 Å². The minimum absolute atomic E-state index is 0.220. The summed E-state index contributed by atoms with van der Waals surface area (Å²) in [4.78, 5) is 4.32. The quantitative estimate of drug-likeness (QED) is 0.926. The van der Waals surface area contributed by atoms with E-state index in [-0.39, 0.29) is 18.5 Å². The maximum Gasteiger partial charge on any atom is 0.416 e. The molecular formula is C15H22F3N3. The first-order chi connectivity index (χ1) is 9.95. The Kier molecular flexibility index (Phi) is 5.11. The summed E-state index contributed by atoms with van der Waals surface area (Å²) in [6.07, 6.45) is -4.08. The fourth-order valence-electron chi connectivity index (χ4n) is 2.72. The molecule has 2 N–H and O–H groups in total. The molecule has 3 nitrogen and oxygen atoms in total. The Morgan fingerprint density at radius 3 is 2.33 bits per heavy atom. The molecular weight excluding hydrogens is 279 g/mol. The number of nitrogens with zero attached hydrogens (tertiary/aromatic N) is 2. The van der Waals surface area contributed by atoms with Crippen molar-refractivity contribution in [1.29, 1.82) is 0 Å². The largest absolute Gasteiger partial charge is 0.416 e. The maximum atomic E-state index is 13.2. The van der Waals surface area contributed by atoms with E-state index < -0.39 is 11.7 Å². The molecule has 1 aliphatic rings. The first kappa shape index (κ1) is 16.1.